The van der Waals surface area contributed by atoms with Gasteiger partial charge in [0.15, 0.2) is 0 Å². The Morgan fingerprint density at radius 3 is 2.31 bits per heavy atom. The van der Waals surface area contributed by atoms with Crippen LogP contribution in [0.3, 0.4) is 0 Å². The van der Waals surface area contributed by atoms with Crippen LogP contribution in [0.25, 0.3) is 0 Å². The monoisotopic (exact) mass is 328 g/mol. The van der Waals surface area contributed by atoms with Gasteiger partial charge in [0.2, 0.25) is 0 Å². The summed E-state index contributed by atoms with van der Waals surface area (Å²) >= 11 is 1.86. The minimum atomic E-state index is -4.20. The Labute approximate surface area is 101 Å². The Hall–Kier alpha value is 0.776. The number of rotatable bonds is 1. The van der Waals surface area contributed by atoms with E-state index in [-0.39, 0.29) is 28.9 Å². The quantitative estimate of drug-likeness (QED) is 0.530. The van der Waals surface area contributed by atoms with E-state index in [1.807, 2.05) is 0 Å². The molecule has 1 aromatic carbocycles. The number of alkyl halides is 3. The normalized spacial score (nSPS) is 10.8. The van der Waals surface area contributed by atoms with E-state index in [2.05, 4.69) is 0 Å². The molecule has 68 valence electrons. The molecular weight excluding hydrogens is 324 g/mol. The molecule has 0 unspecified atom stereocenters. The zero-order valence-corrected chi connectivity index (χ0v) is 11.1. The molecule has 0 aliphatic heterocycles. The molecule has 0 nitrogen and oxygen atoms in total. The number of benzene rings is 1. The number of hydrogen-bond donors (Lipinski definition) is 0. The molecule has 1 aromatic rings. The van der Waals surface area contributed by atoms with Crippen LogP contribution in [0, 0.1) is 0 Å². The number of halogens is 4. The molecule has 13 heavy (non-hydrogen) atoms. The summed E-state index contributed by atoms with van der Waals surface area (Å²) in [6.07, 6.45) is -4.20. The van der Waals surface area contributed by atoms with Crippen molar-refractivity contribution in [2.24, 2.45) is 0 Å². The Morgan fingerprint density at radius 1 is 1.23 bits per heavy atom. The smallest absolute Gasteiger partial charge is 1.00 e. The second kappa shape index (κ2) is 5.61. The van der Waals surface area contributed by atoms with Gasteiger partial charge in [0.25, 0.3) is 0 Å². The van der Waals surface area contributed by atoms with Crippen LogP contribution in [-0.2, 0) is 6.18 Å². The molecule has 0 saturated heterocycles. The first-order chi connectivity index (χ1) is 5.54. The van der Waals surface area contributed by atoms with Gasteiger partial charge in [0, 0.05) is 0 Å². The zero-order chi connectivity index (χ0) is 9.19. The van der Waals surface area contributed by atoms with E-state index in [9.17, 15) is 13.2 Å². The fraction of sp³-hybridized carbons (Fsp3) is 0.143. The van der Waals surface area contributed by atoms with Crippen LogP contribution in [0.5, 0.6) is 0 Å². The van der Waals surface area contributed by atoms with Gasteiger partial charge in [-0.05, 0) is 0 Å². The van der Waals surface area contributed by atoms with E-state index in [0.717, 1.165) is 10.5 Å². The molecule has 0 bridgehead atoms. The molecule has 0 heterocycles. The van der Waals surface area contributed by atoms with Crippen molar-refractivity contribution in [2.45, 2.75) is 6.18 Å². The molecule has 6 heteroatoms. The van der Waals surface area contributed by atoms with Crippen LogP contribution in [0.15, 0.2) is 24.3 Å². The molecule has 0 saturated carbocycles. The van der Waals surface area contributed by atoms with Crippen LogP contribution in [-0.4, -0.2) is 31.4 Å². The summed E-state index contributed by atoms with van der Waals surface area (Å²) in [6.45, 7) is 0. The van der Waals surface area contributed by atoms with Crippen molar-refractivity contribution >= 4 is 35.9 Å². The fourth-order valence-corrected chi connectivity index (χ4v) is 2.50. The maximum absolute atomic E-state index is 12.1. The maximum atomic E-state index is 12.1. The Kier molecular flexibility index (Phi) is 5.94. The summed E-state index contributed by atoms with van der Waals surface area (Å²) < 4.78 is 37.1. The first kappa shape index (κ1) is 13.8. The van der Waals surface area contributed by atoms with Gasteiger partial charge in [-0.15, -0.1) is 0 Å². The first-order valence-electron chi connectivity index (χ1n) is 3.13. The van der Waals surface area contributed by atoms with Crippen LogP contribution in [0.4, 0.5) is 13.2 Å². The van der Waals surface area contributed by atoms with Gasteiger partial charge in [-0.3, -0.25) is 0 Å². The standard InChI is InChI=1S/C7H5F3Se.BrH.Mg/c8-7(9,10)5-2-1-3-6(11)4-5;;/h1-4,11H;1H;/q;;+2/p-2. The average molecular weight is 328 g/mol. The van der Waals surface area contributed by atoms with Crippen molar-refractivity contribution < 1.29 is 30.2 Å². The third kappa shape index (κ3) is 4.21. The van der Waals surface area contributed by atoms with E-state index >= 15 is 0 Å². The summed E-state index contributed by atoms with van der Waals surface area (Å²) in [5.74, 6) is 0. The molecule has 0 amide bonds. The predicted molar refractivity (Wildman–Crippen MR) is 42.6 cm³/mol. The molecular formula is C7H4BrF3MgSe. The van der Waals surface area contributed by atoms with Gasteiger partial charge in [-0.1, -0.05) is 0 Å². The average Bonchev–Trinajstić information content (AvgIpc) is 2.03. The van der Waals surface area contributed by atoms with Crippen molar-refractivity contribution in [3.05, 3.63) is 29.8 Å². The SMILES string of the molecule is FC(F)(F)c1cccc([Se][Mg+])c1.[Br-]. The van der Waals surface area contributed by atoms with Gasteiger partial charge in [-0.25, -0.2) is 0 Å². The summed E-state index contributed by atoms with van der Waals surface area (Å²) in [4.78, 5) is 0. The Morgan fingerprint density at radius 2 is 1.85 bits per heavy atom. The van der Waals surface area contributed by atoms with E-state index in [0.29, 0.717) is 0 Å². The first-order valence-corrected chi connectivity index (χ1v) is 8.20. The largest absolute Gasteiger partial charge is 1.00 e. The molecule has 0 aromatic heterocycles. The Bertz CT molecular complexity index is 277. The van der Waals surface area contributed by atoms with Crippen LogP contribution < -0.4 is 21.4 Å². The minimum absolute atomic E-state index is 0. The van der Waals surface area contributed by atoms with Crippen molar-refractivity contribution in [1.29, 1.82) is 0 Å². The topological polar surface area (TPSA) is 0 Å². The predicted octanol–water partition coefficient (Wildman–Crippen LogP) is -1.88. The zero-order valence-electron chi connectivity index (χ0n) is 6.44. The maximum Gasteiger partial charge on any atom is -1.00 e. The summed E-state index contributed by atoms with van der Waals surface area (Å²) in [7, 11) is 0. The third-order valence-electron chi connectivity index (χ3n) is 1.33. The second-order valence-electron chi connectivity index (χ2n) is 2.17. The molecule has 0 aliphatic carbocycles. The fourth-order valence-electron chi connectivity index (χ4n) is 0.762. The van der Waals surface area contributed by atoms with Crippen molar-refractivity contribution in [3.63, 3.8) is 0 Å². The summed E-state index contributed by atoms with van der Waals surface area (Å²) in [6, 6.07) is 5.49. The van der Waals surface area contributed by atoms with E-state index in [1.165, 1.54) is 12.1 Å². The molecule has 1 rings (SSSR count). The molecule has 0 N–H and O–H groups in total. The van der Waals surface area contributed by atoms with Gasteiger partial charge >= 0.3 is 85.1 Å². The van der Waals surface area contributed by atoms with Gasteiger partial charge in [-0.2, -0.15) is 0 Å². The van der Waals surface area contributed by atoms with Crippen molar-refractivity contribution in [3.8, 4) is 0 Å². The van der Waals surface area contributed by atoms with Crippen molar-refractivity contribution in [1.82, 2.24) is 0 Å². The van der Waals surface area contributed by atoms with Crippen LogP contribution >= 0.6 is 0 Å². The molecule has 0 aliphatic rings. The van der Waals surface area contributed by atoms with Gasteiger partial charge in [0.1, 0.15) is 0 Å². The van der Waals surface area contributed by atoms with Crippen molar-refractivity contribution in [2.75, 3.05) is 0 Å². The molecule has 0 radical (unpaired) electrons. The number of hydrogen-bond acceptors (Lipinski definition) is 0. The van der Waals surface area contributed by atoms with Gasteiger partial charge in [0.05, 0.1) is 0 Å². The summed E-state index contributed by atoms with van der Waals surface area (Å²) in [5.41, 5.74) is -0.548. The minimum Gasteiger partial charge on any atom is -1.00 e. The second-order valence-corrected chi connectivity index (χ2v) is 5.26. The molecule has 0 atom stereocenters. The van der Waals surface area contributed by atoms with E-state index in [4.69, 9.17) is 0 Å². The molecule has 0 spiro atoms. The van der Waals surface area contributed by atoms with Gasteiger partial charge < -0.3 is 17.0 Å². The molecule has 0 fully saturated rings. The van der Waals surface area contributed by atoms with E-state index < -0.39 is 11.7 Å². The summed E-state index contributed by atoms with van der Waals surface area (Å²) in [5, 5.41) is 0. The van der Waals surface area contributed by atoms with E-state index in [1.54, 1.807) is 25.6 Å². The van der Waals surface area contributed by atoms with Crippen LogP contribution in [0.1, 0.15) is 5.56 Å². The van der Waals surface area contributed by atoms with Crippen LogP contribution in [0.2, 0.25) is 0 Å². The third-order valence-corrected chi connectivity index (χ3v) is 4.29. The Balaban J connectivity index is 0.00000144.